The van der Waals surface area contributed by atoms with Crippen LogP contribution in [-0.2, 0) is 11.2 Å². The number of amides is 1. The summed E-state index contributed by atoms with van der Waals surface area (Å²) in [7, 11) is 0. The lowest BCUT2D eigenvalue weighted by Crippen LogP contribution is -2.40. The van der Waals surface area contributed by atoms with Crippen LogP contribution < -0.4 is 5.32 Å². The topological polar surface area (TPSA) is 56.1 Å². The minimum absolute atomic E-state index is 0.0431. The second kappa shape index (κ2) is 6.28. The van der Waals surface area contributed by atoms with Gasteiger partial charge in [-0.25, -0.2) is 0 Å². The van der Waals surface area contributed by atoms with Gasteiger partial charge in [-0.3, -0.25) is 9.69 Å². The third kappa shape index (κ3) is 3.25. The van der Waals surface area contributed by atoms with E-state index in [1.54, 1.807) is 0 Å². The number of nitrogens with zero attached hydrogens (tertiary/aromatic N) is 2. The molecule has 4 nitrogen and oxygen atoms in total. The molecule has 110 valence electrons. The van der Waals surface area contributed by atoms with E-state index < -0.39 is 0 Å². The molecule has 1 amide bonds. The smallest absolute Gasteiger partial charge is 0.234 e. The van der Waals surface area contributed by atoms with E-state index in [2.05, 4.69) is 40.6 Å². The Hall–Kier alpha value is -1.86. The van der Waals surface area contributed by atoms with E-state index >= 15 is 0 Å². The number of nitrogens with one attached hydrogen (secondary N) is 1. The number of carbonyl (C=O) groups excluding carboxylic acids is 1. The molecule has 0 aliphatic heterocycles. The van der Waals surface area contributed by atoms with Crippen LogP contribution in [0.1, 0.15) is 42.9 Å². The van der Waals surface area contributed by atoms with Gasteiger partial charge in [0, 0.05) is 18.6 Å². The Labute approximate surface area is 125 Å². The molecule has 0 heterocycles. The molecular weight excluding hydrogens is 262 g/mol. The third-order valence-corrected chi connectivity index (χ3v) is 4.40. The van der Waals surface area contributed by atoms with E-state index in [0.29, 0.717) is 31.6 Å². The second-order valence-electron chi connectivity index (χ2n) is 5.91. The van der Waals surface area contributed by atoms with Gasteiger partial charge in [-0.1, -0.05) is 24.3 Å². The molecule has 2 aliphatic carbocycles. The maximum Gasteiger partial charge on any atom is 0.234 e. The van der Waals surface area contributed by atoms with Gasteiger partial charge < -0.3 is 5.32 Å². The molecule has 1 fully saturated rings. The number of hydrogen-bond acceptors (Lipinski definition) is 3. The van der Waals surface area contributed by atoms with E-state index in [0.717, 1.165) is 12.8 Å². The van der Waals surface area contributed by atoms with Gasteiger partial charge in [0.15, 0.2) is 0 Å². The normalized spacial score (nSPS) is 20.1. The molecule has 1 aromatic rings. The van der Waals surface area contributed by atoms with E-state index in [9.17, 15) is 4.79 Å². The van der Waals surface area contributed by atoms with Crippen molar-refractivity contribution in [3.63, 3.8) is 0 Å². The standard InChI is InChI=1S/C17H21N3O/c18-10-3-11-19-17(21)12-20(14-7-8-14)16-9-6-13-4-1-2-5-15(13)16/h1-2,4-5,14,16H,3,6-9,11-12H2,(H,19,21)/t16-/m1/s1. The molecule has 1 saturated carbocycles. The van der Waals surface area contributed by atoms with Crippen LogP contribution in [-0.4, -0.2) is 29.9 Å². The van der Waals surface area contributed by atoms with Crippen molar-refractivity contribution < 1.29 is 4.79 Å². The Morgan fingerprint density at radius 2 is 2.14 bits per heavy atom. The number of rotatable bonds is 6. The van der Waals surface area contributed by atoms with Crippen LogP contribution in [0.3, 0.4) is 0 Å². The summed E-state index contributed by atoms with van der Waals surface area (Å²) in [4.78, 5) is 14.4. The summed E-state index contributed by atoms with van der Waals surface area (Å²) in [5, 5.41) is 11.4. The minimum Gasteiger partial charge on any atom is -0.354 e. The van der Waals surface area contributed by atoms with Crippen molar-refractivity contribution in [2.24, 2.45) is 0 Å². The summed E-state index contributed by atoms with van der Waals surface area (Å²) in [6.07, 6.45) is 5.00. The number of hydrogen-bond donors (Lipinski definition) is 1. The Balaban J connectivity index is 1.66. The lowest BCUT2D eigenvalue weighted by Gasteiger charge is -2.29. The molecule has 0 radical (unpaired) electrons. The van der Waals surface area contributed by atoms with Gasteiger partial charge in [0.2, 0.25) is 5.91 Å². The van der Waals surface area contributed by atoms with E-state index in [-0.39, 0.29) is 5.91 Å². The van der Waals surface area contributed by atoms with Gasteiger partial charge in [0.1, 0.15) is 0 Å². The van der Waals surface area contributed by atoms with Crippen molar-refractivity contribution in [1.82, 2.24) is 10.2 Å². The van der Waals surface area contributed by atoms with E-state index in [4.69, 9.17) is 5.26 Å². The molecule has 1 N–H and O–H groups in total. The number of benzene rings is 1. The fraction of sp³-hybridized carbons (Fsp3) is 0.529. The first-order valence-corrected chi connectivity index (χ1v) is 7.77. The second-order valence-corrected chi connectivity index (χ2v) is 5.91. The van der Waals surface area contributed by atoms with Crippen molar-refractivity contribution in [1.29, 1.82) is 5.26 Å². The minimum atomic E-state index is 0.0431. The van der Waals surface area contributed by atoms with E-state index in [1.807, 2.05) is 0 Å². The molecule has 1 atom stereocenters. The number of nitriles is 1. The maximum absolute atomic E-state index is 12.1. The number of fused-ring (bicyclic) bond motifs is 1. The highest BCUT2D eigenvalue weighted by Gasteiger charge is 2.38. The van der Waals surface area contributed by atoms with Crippen LogP contribution in [0.2, 0.25) is 0 Å². The van der Waals surface area contributed by atoms with Crippen LogP contribution in [0.25, 0.3) is 0 Å². The molecule has 0 bridgehead atoms. The number of aryl methyl sites for hydroxylation is 1. The summed E-state index contributed by atoms with van der Waals surface area (Å²) in [5.74, 6) is 0.0431. The van der Waals surface area contributed by atoms with Gasteiger partial charge in [-0.05, 0) is 36.8 Å². The van der Waals surface area contributed by atoms with Crippen molar-refractivity contribution in [2.75, 3.05) is 13.1 Å². The summed E-state index contributed by atoms with van der Waals surface area (Å²) >= 11 is 0. The summed E-state index contributed by atoms with van der Waals surface area (Å²) < 4.78 is 0. The van der Waals surface area contributed by atoms with Gasteiger partial charge in [0.25, 0.3) is 0 Å². The van der Waals surface area contributed by atoms with Crippen LogP contribution in [0.5, 0.6) is 0 Å². The Morgan fingerprint density at radius 1 is 1.33 bits per heavy atom. The summed E-state index contributed by atoms with van der Waals surface area (Å²) in [5.41, 5.74) is 2.83. The van der Waals surface area contributed by atoms with Crippen LogP contribution in [0, 0.1) is 11.3 Å². The molecule has 0 spiro atoms. The highest BCUT2D eigenvalue weighted by molar-refractivity contribution is 5.78. The third-order valence-electron chi connectivity index (χ3n) is 4.40. The maximum atomic E-state index is 12.1. The lowest BCUT2D eigenvalue weighted by molar-refractivity contribution is -0.123. The van der Waals surface area contributed by atoms with Crippen LogP contribution in [0.15, 0.2) is 24.3 Å². The highest BCUT2D eigenvalue weighted by atomic mass is 16.2. The molecule has 3 rings (SSSR count). The fourth-order valence-corrected chi connectivity index (χ4v) is 3.26. The van der Waals surface area contributed by atoms with Crippen molar-refractivity contribution in [2.45, 2.75) is 44.2 Å². The van der Waals surface area contributed by atoms with E-state index in [1.165, 1.54) is 24.0 Å². The van der Waals surface area contributed by atoms with Crippen LogP contribution >= 0.6 is 0 Å². The SMILES string of the molecule is N#CCCNC(=O)CN(C1CC1)[C@@H]1CCc2ccccc21. The average Bonchev–Trinajstić information content (AvgIpc) is 3.25. The largest absolute Gasteiger partial charge is 0.354 e. The van der Waals surface area contributed by atoms with Crippen molar-refractivity contribution in [3.8, 4) is 6.07 Å². The first-order chi connectivity index (χ1) is 10.3. The zero-order chi connectivity index (χ0) is 14.7. The van der Waals surface area contributed by atoms with Gasteiger partial charge >= 0.3 is 0 Å². The molecule has 0 aromatic heterocycles. The Morgan fingerprint density at radius 3 is 2.90 bits per heavy atom. The van der Waals surface area contributed by atoms with Gasteiger partial charge in [-0.2, -0.15) is 5.26 Å². The quantitative estimate of drug-likeness (QED) is 0.814. The summed E-state index contributed by atoms with van der Waals surface area (Å²) in [6.45, 7) is 0.907. The first-order valence-electron chi connectivity index (χ1n) is 7.77. The van der Waals surface area contributed by atoms with Gasteiger partial charge in [0.05, 0.1) is 19.0 Å². The zero-order valence-electron chi connectivity index (χ0n) is 12.2. The molecular formula is C17H21N3O. The molecule has 2 aliphatic rings. The highest BCUT2D eigenvalue weighted by Crippen LogP contribution is 2.41. The molecule has 4 heteroatoms. The molecule has 21 heavy (non-hydrogen) atoms. The predicted octanol–water partition coefficient (Wildman–Crippen LogP) is 2.17. The average molecular weight is 283 g/mol. The zero-order valence-corrected chi connectivity index (χ0v) is 12.2. The van der Waals surface area contributed by atoms with Crippen molar-refractivity contribution in [3.05, 3.63) is 35.4 Å². The molecule has 1 aromatic carbocycles. The first kappa shape index (κ1) is 14.1. The Bertz CT molecular complexity index is 559. The fourth-order valence-electron chi connectivity index (χ4n) is 3.26. The lowest BCUT2D eigenvalue weighted by atomic mass is 10.1. The predicted molar refractivity (Wildman–Crippen MR) is 80.5 cm³/mol. The molecule has 0 unspecified atom stereocenters. The Kier molecular flexibility index (Phi) is 4.21. The summed E-state index contributed by atoms with van der Waals surface area (Å²) in [6, 6.07) is 11.6. The van der Waals surface area contributed by atoms with Crippen molar-refractivity contribution >= 4 is 5.91 Å². The van der Waals surface area contributed by atoms with Crippen LogP contribution in [0.4, 0.5) is 0 Å². The monoisotopic (exact) mass is 283 g/mol. The number of carbonyl (C=O) groups is 1. The molecule has 0 saturated heterocycles. The van der Waals surface area contributed by atoms with Gasteiger partial charge in [-0.15, -0.1) is 0 Å².